The van der Waals surface area contributed by atoms with Crippen LogP contribution in [0, 0.1) is 6.92 Å². The van der Waals surface area contributed by atoms with E-state index in [9.17, 15) is 13.2 Å². The van der Waals surface area contributed by atoms with Crippen LogP contribution in [0.5, 0.6) is 0 Å². The van der Waals surface area contributed by atoms with Crippen molar-refractivity contribution in [3.8, 4) is 0 Å². The number of nitrogens with one attached hydrogen (secondary N) is 1. The molecule has 3 rings (SSSR count). The van der Waals surface area contributed by atoms with Crippen LogP contribution < -0.4 is 11.4 Å². The van der Waals surface area contributed by atoms with E-state index in [1.807, 2.05) is 19.1 Å². The summed E-state index contributed by atoms with van der Waals surface area (Å²) in [6.45, 7) is 1.84. The molecule has 2 aromatic carbocycles. The Bertz CT molecular complexity index is 1020. The molecular formula is C15H15N3O3S. The SMILES string of the molecule is Cc1ccccc1CS(=O)(=O)n1c(=O)[nH]c2cc(N)ccc21. The molecule has 0 amide bonds. The fraction of sp³-hybridized carbons (Fsp3) is 0.133. The van der Waals surface area contributed by atoms with Crippen molar-refractivity contribution >= 4 is 26.7 Å². The molecule has 7 heteroatoms. The number of aryl methyl sites for hydroxylation is 1. The van der Waals surface area contributed by atoms with Crippen molar-refractivity contribution in [3.63, 3.8) is 0 Å². The quantitative estimate of drug-likeness (QED) is 0.717. The summed E-state index contributed by atoms with van der Waals surface area (Å²) in [7, 11) is -3.83. The van der Waals surface area contributed by atoms with E-state index in [1.54, 1.807) is 18.2 Å². The van der Waals surface area contributed by atoms with Crippen LogP contribution in [0.4, 0.5) is 5.69 Å². The largest absolute Gasteiger partial charge is 0.399 e. The van der Waals surface area contributed by atoms with Gasteiger partial charge in [0.25, 0.3) is 0 Å². The van der Waals surface area contributed by atoms with Crippen molar-refractivity contribution in [3.05, 3.63) is 64.1 Å². The molecule has 0 saturated carbocycles. The van der Waals surface area contributed by atoms with Crippen LogP contribution >= 0.6 is 0 Å². The Morgan fingerprint density at radius 2 is 1.91 bits per heavy atom. The van der Waals surface area contributed by atoms with Crippen molar-refractivity contribution in [2.75, 3.05) is 5.73 Å². The van der Waals surface area contributed by atoms with Gasteiger partial charge in [0, 0.05) is 5.69 Å². The van der Waals surface area contributed by atoms with Gasteiger partial charge in [0.1, 0.15) is 0 Å². The minimum absolute atomic E-state index is 0.239. The van der Waals surface area contributed by atoms with Gasteiger partial charge in [-0.05, 0) is 36.2 Å². The second kappa shape index (κ2) is 5.03. The topological polar surface area (TPSA) is 98.0 Å². The Balaban J connectivity index is 2.16. The third kappa shape index (κ3) is 2.39. The van der Waals surface area contributed by atoms with Gasteiger partial charge in [-0.25, -0.2) is 13.2 Å². The highest BCUT2D eigenvalue weighted by atomic mass is 32.2. The standard InChI is InChI=1S/C15H15N3O3S/c1-10-4-2-3-5-11(10)9-22(20,21)18-14-7-6-12(16)8-13(14)17-15(18)19/h2-8H,9,16H2,1H3,(H,17,19). The molecule has 22 heavy (non-hydrogen) atoms. The smallest absolute Gasteiger partial charge is 0.340 e. The van der Waals surface area contributed by atoms with Crippen molar-refractivity contribution in [2.45, 2.75) is 12.7 Å². The van der Waals surface area contributed by atoms with Gasteiger partial charge >= 0.3 is 5.69 Å². The number of hydrogen-bond acceptors (Lipinski definition) is 4. The van der Waals surface area contributed by atoms with Crippen LogP contribution in [0.1, 0.15) is 11.1 Å². The lowest BCUT2D eigenvalue weighted by molar-refractivity contribution is 0.586. The molecule has 0 fully saturated rings. The van der Waals surface area contributed by atoms with Crippen LogP contribution in [0.3, 0.4) is 0 Å². The molecule has 0 aliphatic rings. The number of fused-ring (bicyclic) bond motifs is 1. The maximum Gasteiger partial charge on any atom is 0.340 e. The predicted octanol–water partition coefficient (Wildman–Crippen LogP) is 1.60. The van der Waals surface area contributed by atoms with Gasteiger partial charge in [0.05, 0.1) is 16.8 Å². The third-order valence-corrected chi connectivity index (χ3v) is 5.14. The maximum atomic E-state index is 12.6. The normalized spacial score (nSPS) is 11.9. The summed E-state index contributed by atoms with van der Waals surface area (Å²) in [6, 6.07) is 11.8. The Hall–Kier alpha value is -2.54. The Morgan fingerprint density at radius 3 is 2.64 bits per heavy atom. The lowest BCUT2D eigenvalue weighted by Crippen LogP contribution is -2.26. The zero-order valence-corrected chi connectivity index (χ0v) is 12.7. The summed E-state index contributed by atoms with van der Waals surface area (Å²) < 4.78 is 26.1. The van der Waals surface area contributed by atoms with Crippen LogP contribution in [0.2, 0.25) is 0 Å². The maximum absolute atomic E-state index is 12.6. The predicted molar refractivity (Wildman–Crippen MR) is 86.2 cm³/mol. The number of anilines is 1. The van der Waals surface area contributed by atoms with Crippen molar-refractivity contribution in [1.29, 1.82) is 0 Å². The summed E-state index contributed by atoms with van der Waals surface area (Å²) in [5.41, 5.74) is 7.65. The molecule has 3 aromatic rings. The molecule has 6 nitrogen and oxygen atoms in total. The van der Waals surface area contributed by atoms with E-state index in [-0.39, 0.29) is 5.75 Å². The van der Waals surface area contributed by atoms with Gasteiger partial charge in [-0.15, -0.1) is 0 Å². The lowest BCUT2D eigenvalue weighted by atomic mass is 10.1. The first-order valence-electron chi connectivity index (χ1n) is 6.66. The van der Waals surface area contributed by atoms with Crippen molar-refractivity contribution in [2.24, 2.45) is 0 Å². The van der Waals surface area contributed by atoms with E-state index >= 15 is 0 Å². The monoisotopic (exact) mass is 317 g/mol. The van der Waals surface area contributed by atoms with Crippen LogP contribution in [0.25, 0.3) is 11.0 Å². The van der Waals surface area contributed by atoms with Gasteiger partial charge in [-0.2, -0.15) is 3.97 Å². The van der Waals surface area contributed by atoms with E-state index < -0.39 is 15.7 Å². The van der Waals surface area contributed by atoms with E-state index in [4.69, 9.17) is 5.73 Å². The highest BCUT2D eigenvalue weighted by molar-refractivity contribution is 7.89. The highest BCUT2D eigenvalue weighted by Crippen LogP contribution is 2.18. The molecule has 0 bridgehead atoms. The Labute approximate surface area is 127 Å². The van der Waals surface area contributed by atoms with Gasteiger partial charge in [-0.3, -0.25) is 0 Å². The fourth-order valence-electron chi connectivity index (χ4n) is 2.42. The van der Waals surface area contributed by atoms with Gasteiger partial charge in [-0.1, -0.05) is 24.3 Å². The molecule has 1 heterocycles. The van der Waals surface area contributed by atoms with Crippen LogP contribution in [0.15, 0.2) is 47.3 Å². The molecule has 0 radical (unpaired) electrons. The Kier molecular flexibility index (Phi) is 3.29. The highest BCUT2D eigenvalue weighted by Gasteiger charge is 2.21. The average Bonchev–Trinajstić information content (AvgIpc) is 2.77. The first-order chi connectivity index (χ1) is 10.4. The van der Waals surface area contributed by atoms with E-state index in [1.165, 1.54) is 12.1 Å². The number of hydrogen-bond donors (Lipinski definition) is 2. The van der Waals surface area contributed by atoms with Crippen LogP contribution in [-0.2, 0) is 15.8 Å². The van der Waals surface area contributed by atoms with E-state index in [0.29, 0.717) is 22.3 Å². The molecule has 114 valence electrons. The lowest BCUT2D eigenvalue weighted by Gasteiger charge is -2.08. The minimum atomic E-state index is -3.83. The average molecular weight is 317 g/mol. The number of nitrogen functional groups attached to an aromatic ring is 1. The molecule has 0 atom stereocenters. The summed E-state index contributed by atoms with van der Waals surface area (Å²) >= 11 is 0. The minimum Gasteiger partial charge on any atom is -0.399 e. The fourth-order valence-corrected chi connectivity index (χ4v) is 4.02. The number of nitrogens with two attached hydrogens (primary N) is 1. The number of imidazole rings is 1. The van der Waals surface area contributed by atoms with E-state index in [0.717, 1.165) is 9.54 Å². The molecule has 0 spiro atoms. The number of aromatic amines is 1. The van der Waals surface area contributed by atoms with E-state index in [2.05, 4.69) is 4.98 Å². The van der Waals surface area contributed by atoms with Crippen LogP contribution in [-0.4, -0.2) is 17.4 Å². The first-order valence-corrected chi connectivity index (χ1v) is 8.27. The molecular weight excluding hydrogens is 302 g/mol. The van der Waals surface area contributed by atoms with Crippen molar-refractivity contribution < 1.29 is 8.42 Å². The second-order valence-electron chi connectivity index (χ2n) is 5.15. The second-order valence-corrected chi connectivity index (χ2v) is 6.97. The molecule has 1 aromatic heterocycles. The number of aromatic nitrogens is 2. The number of H-pyrrole nitrogens is 1. The summed E-state index contributed by atoms with van der Waals surface area (Å²) in [5.74, 6) is -0.239. The summed E-state index contributed by atoms with van der Waals surface area (Å²) in [5, 5.41) is 0. The zero-order chi connectivity index (χ0) is 15.9. The number of nitrogens with zero attached hydrogens (tertiary/aromatic N) is 1. The van der Waals surface area contributed by atoms with Gasteiger partial charge in [0.15, 0.2) is 0 Å². The van der Waals surface area contributed by atoms with Gasteiger partial charge < -0.3 is 10.7 Å². The third-order valence-electron chi connectivity index (χ3n) is 3.54. The Morgan fingerprint density at radius 1 is 1.18 bits per heavy atom. The first kappa shape index (κ1) is 14.4. The zero-order valence-electron chi connectivity index (χ0n) is 11.9. The van der Waals surface area contributed by atoms with Gasteiger partial charge in [0.2, 0.25) is 10.0 Å². The number of rotatable bonds is 3. The summed E-state index contributed by atoms with van der Waals surface area (Å²) in [6.07, 6.45) is 0. The molecule has 3 N–H and O–H groups in total. The molecule has 0 aliphatic heterocycles. The van der Waals surface area contributed by atoms with Crippen molar-refractivity contribution in [1.82, 2.24) is 8.96 Å². The molecule has 0 saturated heterocycles. The molecule has 0 unspecified atom stereocenters. The number of benzene rings is 2. The summed E-state index contributed by atoms with van der Waals surface area (Å²) in [4.78, 5) is 14.6. The molecule has 0 aliphatic carbocycles.